The molecule has 1 saturated carbocycles. The smallest absolute Gasteiger partial charge is 0.329 e. The molecular weight excluding hydrogens is 464 g/mol. The first-order valence-electron chi connectivity index (χ1n) is 9.26. The number of amides is 2. The molecule has 2 N–H and O–H groups in total. The number of hydrogen-bond acceptors (Lipinski definition) is 6. The van der Waals surface area contributed by atoms with Gasteiger partial charge in [-0.15, -0.1) is 0 Å². The van der Waals surface area contributed by atoms with Gasteiger partial charge in [-0.05, 0) is 60.2 Å². The lowest BCUT2D eigenvalue weighted by molar-refractivity contribution is -0.150. The fraction of sp³-hybridized carbons (Fsp3) is 0.526. The van der Waals surface area contributed by atoms with Gasteiger partial charge in [0.1, 0.15) is 15.9 Å². The number of carbonyl (C=O) groups excluding carboxylic acids is 3. The van der Waals surface area contributed by atoms with Crippen molar-refractivity contribution >= 4 is 43.6 Å². The molecule has 29 heavy (non-hydrogen) atoms. The van der Waals surface area contributed by atoms with Gasteiger partial charge in [0.15, 0.2) is 6.61 Å². The Morgan fingerprint density at radius 1 is 1.21 bits per heavy atom. The summed E-state index contributed by atoms with van der Waals surface area (Å²) in [5.41, 5.74) is 0.292. The van der Waals surface area contributed by atoms with Crippen LogP contribution in [0.2, 0.25) is 0 Å². The summed E-state index contributed by atoms with van der Waals surface area (Å²) >= 11 is 3.26. The summed E-state index contributed by atoms with van der Waals surface area (Å²) < 4.78 is 28.5. The van der Waals surface area contributed by atoms with E-state index in [1.165, 1.54) is 0 Å². The van der Waals surface area contributed by atoms with Crippen LogP contribution in [0, 0.1) is 5.92 Å². The normalized spacial score (nSPS) is 15.8. The van der Waals surface area contributed by atoms with E-state index in [2.05, 4.69) is 26.6 Å². The zero-order chi connectivity index (χ0) is 21.6. The molecule has 0 aromatic heterocycles. The monoisotopic (exact) mass is 488 g/mol. The van der Waals surface area contributed by atoms with Crippen LogP contribution in [0.4, 0.5) is 0 Å². The van der Waals surface area contributed by atoms with E-state index < -0.39 is 40.3 Å². The molecule has 2 amide bonds. The number of esters is 1. The third-order valence-corrected chi connectivity index (χ3v) is 6.22. The fourth-order valence-corrected chi connectivity index (χ4v) is 3.84. The average molecular weight is 489 g/mol. The van der Waals surface area contributed by atoms with E-state index in [0.29, 0.717) is 16.0 Å². The number of ether oxygens (including phenoxy) is 1. The summed E-state index contributed by atoms with van der Waals surface area (Å²) in [6.45, 7) is 1.40. The first kappa shape index (κ1) is 23.3. The van der Waals surface area contributed by atoms with Crippen LogP contribution in [0.5, 0.6) is 0 Å². The van der Waals surface area contributed by atoms with Gasteiger partial charge < -0.3 is 15.4 Å². The second-order valence-electron chi connectivity index (χ2n) is 7.23. The maximum Gasteiger partial charge on any atom is 0.329 e. The van der Waals surface area contributed by atoms with Crippen molar-refractivity contribution in [3.05, 3.63) is 34.3 Å². The Morgan fingerprint density at radius 2 is 1.86 bits per heavy atom. The highest BCUT2D eigenvalue weighted by atomic mass is 79.9. The SMILES string of the molecule is C[C@@H](NC(=O)COC(=O)[C@H](CCS(C)(=O)=O)NC(=O)c1ccccc1Br)C1CC1. The average Bonchev–Trinajstić information content (AvgIpc) is 3.47. The van der Waals surface area contributed by atoms with Crippen molar-refractivity contribution in [3.8, 4) is 0 Å². The van der Waals surface area contributed by atoms with Crippen LogP contribution in [0.1, 0.15) is 36.5 Å². The van der Waals surface area contributed by atoms with Crippen molar-refractivity contribution in [1.82, 2.24) is 10.6 Å². The Bertz CT molecular complexity index is 869. The van der Waals surface area contributed by atoms with Crippen LogP contribution in [-0.4, -0.2) is 56.9 Å². The van der Waals surface area contributed by atoms with Gasteiger partial charge in [-0.25, -0.2) is 13.2 Å². The van der Waals surface area contributed by atoms with Gasteiger partial charge in [-0.1, -0.05) is 12.1 Å². The van der Waals surface area contributed by atoms with Gasteiger partial charge in [-0.2, -0.15) is 0 Å². The Hall–Kier alpha value is -1.94. The number of rotatable bonds is 10. The lowest BCUT2D eigenvalue weighted by atomic mass is 10.1. The van der Waals surface area contributed by atoms with Gasteiger partial charge in [0.2, 0.25) is 0 Å². The van der Waals surface area contributed by atoms with Crippen LogP contribution in [-0.2, 0) is 24.2 Å². The number of hydrogen-bond donors (Lipinski definition) is 2. The molecule has 2 atom stereocenters. The minimum atomic E-state index is -3.36. The molecule has 0 bridgehead atoms. The minimum absolute atomic E-state index is 0.0115. The second kappa shape index (κ2) is 10.2. The molecule has 1 aliphatic carbocycles. The number of sulfone groups is 1. The zero-order valence-electron chi connectivity index (χ0n) is 16.3. The van der Waals surface area contributed by atoms with Crippen LogP contribution in [0.15, 0.2) is 28.7 Å². The third-order valence-electron chi connectivity index (χ3n) is 4.55. The number of nitrogens with one attached hydrogen (secondary N) is 2. The van der Waals surface area contributed by atoms with Gasteiger partial charge in [0.05, 0.1) is 11.3 Å². The lowest BCUT2D eigenvalue weighted by Gasteiger charge is -2.18. The van der Waals surface area contributed by atoms with E-state index in [-0.39, 0.29) is 18.2 Å². The molecule has 0 heterocycles. The third kappa shape index (κ3) is 8.14. The molecule has 1 fully saturated rings. The molecule has 1 aromatic rings. The summed E-state index contributed by atoms with van der Waals surface area (Å²) in [4.78, 5) is 36.9. The van der Waals surface area contributed by atoms with E-state index in [0.717, 1.165) is 19.1 Å². The maximum atomic E-state index is 12.5. The Balaban J connectivity index is 1.98. The molecule has 10 heteroatoms. The van der Waals surface area contributed by atoms with Gasteiger partial charge >= 0.3 is 5.97 Å². The van der Waals surface area contributed by atoms with Gasteiger partial charge in [0.25, 0.3) is 11.8 Å². The van der Waals surface area contributed by atoms with E-state index in [1.807, 2.05) is 6.92 Å². The highest BCUT2D eigenvalue weighted by molar-refractivity contribution is 9.10. The molecule has 0 saturated heterocycles. The van der Waals surface area contributed by atoms with Crippen LogP contribution < -0.4 is 10.6 Å². The highest BCUT2D eigenvalue weighted by Gasteiger charge is 2.30. The van der Waals surface area contributed by atoms with Crippen LogP contribution in [0.25, 0.3) is 0 Å². The van der Waals surface area contributed by atoms with Crippen molar-refractivity contribution < 1.29 is 27.5 Å². The lowest BCUT2D eigenvalue weighted by Crippen LogP contribution is -2.44. The molecule has 1 aromatic carbocycles. The second-order valence-corrected chi connectivity index (χ2v) is 10.3. The molecule has 0 spiro atoms. The van der Waals surface area contributed by atoms with Crippen molar-refractivity contribution in [2.24, 2.45) is 5.92 Å². The summed E-state index contributed by atoms with van der Waals surface area (Å²) in [6.07, 6.45) is 3.01. The van der Waals surface area contributed by atoms with Crippen LogP contribution >= 0.6 is 15.9 Å². The summed E-state index contributed by atoms with van der Waals surface area (Å²) in [5.74, 6) is -1.70. The van der Waals surface area contributed by atoms with Crippen LogP contribution in [0.3, 0.4) is 0 Å². The number of halogens is 1. The summed E-state index contributed by atoms with van der Waals surface area (Å²) in [6, 6.07) is 5.44. The topological polar surface area (TPSA) is 119 Å². The number of benzene rings is 1. The first-order valence-corrected chi connectivity index (χ1v) is 12.1. The molecule has 2 rings (SSSR count). The Kier molecular flexibility index (Phi) is 8.21. The van der Waals surface area contributed by atoms with Crippen molar-refractivity contribution in [3.63, 3.8) is 0 Å². The fourth-order valence-electron chi connectivity index (χ4n) is 2.71. The Labute approximate surface area is 178 Å². The van der Waals surface area contributed by atoms with E-state index in [1.54, 1.807) is 24.3 Å². The predicted molar refractivity (Wildman–Crippen MR) is 111 cm³/mol. The molecule has 1 aliphatic rings. The molecule has 0 aliphatic heterocycles. The molecule has 160 valence electrons. The van der Waals surface area contributed by atoms with E-state index in [4.69, 9.17) is 4.74 Å². The quantitative estimate of drug-likeness (QED) is 0.481. The maximum absolute atomic E-state index is 12.5. The number of carbonyl (C=O) groups is 3. The van der Waals surface area contributed by atoms with E-state index in [9.17, 15) is 22.8 Å². The van der Waals surface area contributed by atoms with Gasteiger partial charge in [0, 0.05) is 16.8 Å². The predicted octanol–water partition coefficient (Wildman–Crippen LogP) is 1.44. The van der Waals surface area contributed by atoms with Crippen molar-refractivity contribution in [2.75, 3.05) is 18.6 Å². The largest absolute Gasteiger partial charge is 0.454 e. The zero-order valence-corrected chi connectivity index (χ0v) is 18.7. The molecular formula is C19H25BrN2O6S. The summed E-state index contributed by atoms with van der Waals surface area (Å²) in [7, 11) is -3.36. The van der Waals surface area contributed by atoms with E-state index >= 15 is 0 Å². The van der Waals surface area contributed by atoms with Crippen molar-refractivity contribution in [1.29, 1.82) is 0 Å². The van der Waals surface area contributed by atoms with Crippen molar-refractivity contribution in [2.45, 2.75) is 38.3 Å². The minimum Gasteiger partial charge on any atom is -0.454 e. The summed E-state index contributed by atoms with van der Waals surface area (Å²) in [5, 5.41) is 5.26. The standard InChI is InChI=1S/C19H25BrN2O6S/c1-12(13-7-8-13)21-17(23)11-28-19(25)16(9-10-29(2,26)27)22-18(24)14-5-3-4-6-15(14)20/h3-6,12-13,16H,7-11H2,1-2H3,(H,21,23)(H,22,24)/t12-,16+/m1/s1. The molecule has 8 nitrogen and oxygen atoms in total. The highest BCUT2D eigenvalue weighted by Crippen LogP contribution is 2.32. The Morgan fingerprint density at radius 3 is 2.45 bits per heavy atom. The molecule has 0 unspecified atom stereocenters. The molecule has 0 radical (unpaired) electrons. The van der Waals surface area contributed by atoms with Gasteiger partial charge in [-0.3, -0.25) is 9.59 Å². The first-order chi connectivity index (χ1) is 13.6.